The van der Waals surface area contributed by atoms with Gasteiger partial charge in [0.25, 0.3) is 0 Å². The maximum absolute atomic E-state index is 12.7. The molecule has 0 aliphatic carbocycles. The van der Waals surface area contributed by atoms with Crippen molar-refractivity contribution in [1.82, 2.24) is 4.98 Å². The van der Waals surface area contributed by atoms with E-state index in [0.717, 1.165) is 22.0 Å². The lowest BCUT2D eigenvalue weighted by Gasteiger charge is -2.16. The molecular formula is C23H23NO4. The number of methoxy groups -OCH3 is 1. The van der Waals surface area contributed by atoms with Gasteiger partial charge in [0.15, 0.2) is 0 Å². The minimum absolute atomic E-state index is 0.0850. The predicted molar refractivity (Wildman–Crippen MR) is 107 cm³/mol. The van der Waals surface area contributed by atoms with E-state index in [1.807, 2.05) is 68.4 Å². The molecule has 1 aromatic heterocycles. The van der Waals surface area contributed by atoms with Crippen LogP contribution < -0.4 is 0 Å². The summed E-state index contributed by atoms with van der Waals surface area (Å²) in [6.07, 6.45) is 0.622. The summed E-state index contributed by atoms with van der Waals surface area (Å²) in [7, 11) is 1.33. The minimum atomic E-state index is -0.489. The molecule has 0 unspecified atom stereocenters. The standard InChI is InChI=1S/C23H23NO4/c1-4-17(16-10-6-5-7-11-16)22(25)28-14-20-21(23(26)27-3)15(2)18-12-8-9-13-19(18)24-20/h5-13,17H,4,14H2,1-3H3/t17-/m1/s1. The van der Waals surface area contributed by atoms with Crippen LogP contribution in [0.2, 0.25) is 0 Å². The second-order valence-electron chi connectivity index (χ2n) is 6.55. The van der Waals surface area contributed by atoms with Crippen LogP contribution in [0.5, 0.6) is 0 Å². The molecule has 28 heavy (non-hydrogen) atoms. The van der Waals surface area contributed by atoms with E-state index in [2.05, 4.69) is 4.98 Å². The lowest BCUT2D eigenvalue weighted by Crippen LogP contribution is -2.18. The zero-order valence-corrected chi connectivity index (χ0v) is 16.3. The molecule has 144 valence electrons. The summed E-state index contributed by atoms with van der Waals surface area (Å²) in [5, 5.41) is 0.869. The van der Waals surface area contributed by atoms with Gasteiger partial charge < -0.3 is 9.47 Å². The van der Waals surface area contributed by atoms with Crippen LogP contribution in [-0.4, -0.2) is 24.0 Å². The van der Waals surface area contributed by atoms with Gasteiger partial charge in [-0.2, -0.15) is 0 Å². The molecular weight excluding hydrogens is 354 g/mol. The molecule has 0 saturated carbocycles. The van der Waals surface area contributed by atoms with Crippen molar-refractivity contribution in [2.24, 2.45) is 0 Å². The second-order valence-corrected chi connectivity index (χ2v) is 6.55. The summed E-state index contributed by atoms with van der Waals surface area (Å²) in [6.45, 7) is 3.70. The van der Waals surface area contributed by atoms with E-state index in [9.17, 15) is 9.59 Å². The highest BCUT2D eigenvalue weighted by Gasteiger charge is 2.23. The number of aryl methyl sites for hydroxylation is 1. The summed E-state index contributed by atoms with van der Waals surface area (Å²) in [6, 6.07) is 17.1. The first-order valence-electron chi connectivity index (χ1n) is 9.24. The van der Waals surface area contributed by atoms with Crippen molar-refractivity contribution in [2.45, 2.75) is 32.8 Å². The van der Waals surface area contributed by atoms with Crippen molar-refractivity contribution in [1.29, 1.82) is 0 Å². The number of pyridine rings is 1. The molecule has 0 radical (unpaired) electrons. The number of benzene rings is 2. The van der Waals surface area contributed by atoms with Gasteiger partial charge >= 0.3 is 11.9 Å². The topological polar surface area (TPSA) is 65.5 Å². The van der Waals surface area contributed by atoms with E-state index in [1.165, 1.54) is 7.11 Å². The first-order valence-corrected chi connectivity index (χ1v) is 9.24. The quantitative estimate of drug-likeness (QED) is 0.589. The van der Waals surface area contributed by atoms with Crippen molar-refractivity contribution < 1.29 is 19.1 Å². The average molecular weight is 377 g/mol. The second kappa shape index (κ2) is 8.65. The Morgan fingerprint density at radius 2 is 1.71 bits per heavy atom. The molecule has 0 spiro atoms. The largest absolute Gasteiger partial charge is 0.465 e. The Morgan fingerprint density at radius 1 is 1.04 bits per heavy atom. The predicted octanol–water partition coefficient (Wildman–Crippen LogP) is 4.57. The van der Waals surface area contributed by atoms with Crippen molar-refractivity contribution in [3.63, 3.8) is 0 Å². The van der Waals surface area contributed by atoms with Crippen LogP contribution in [0.1, 0.15) is 46.4 Å². The summed E-state index contributed by atoms with van der Waals surface area (Å²) >= 11 is 0. The third-order valence-corrected chi connectivity index (χ3v) is 4.86. The van der Waals surface area contributed by atoms with Crippen molar-refractivity contribution >= 4 is 22.8 Å². The molecule has 0 saturated heterocycles. The lowest BCUT2D eigenvalue weighted by atomic mass is 9.97. The van der Waals surface area contributed by atoms with Gasteiger partial charge in [0, 0.05) is 5.39 Å². The number of hydrogen-bond acceptors (Lipinski definition) is 5. The molecule has 0 fully saturated rings. The van der Waals surface area contributed by atoms with E-state index < -0.39 is 5.97 Å². The van der Waals surface area contributed by atoms with Gasteiger partial charge in [0.2, 0.25) is 0 Å². The Balaban J connectivity index is 1.91. The van der Waals surface area contributed by atoms with Gasteiger partial charge in [-0.3, -0.25) is 4.79 Å². The number of rotatable bonds is 6. The number of aromatic nitrogens is 1. The summed E-state index contributed by atoms with van der Waals surface area (Å²) < 4.78 is 10.5. The van der Waals surface area contributed by atoms with Crippen LogP contribution in [0.25, 0.3) is 10.9 Å². The number of nitrogens with zero attached hydrogens (tertiary/aromatic N) is 1. The number of ether oxygens (including phenoxy) is 2. The fourth-order valence-electron chi connectivity index (χ4n) is 3.38. The van der Waals surface area contributed by atoms with Crippen molar-refractivity contribution in [3.05, 3.63) is 77.0 Å². The molecule has 0 bridgehead atoms. The van der Waals surface area contributed by atoms with Crippen LogP contribution in [0.15, 0.2) is 54.6 Å². The van der Waals surface area contributed by atoms with E-state index >= 15 is 0 Å². The van der Waals surface area contributed by atoms with E-state index in [4.69, 9.17) is 9.47 Å². The third kappa shape index (κ3) is 3.88. The van der Waals surface area contributed by atoms with Gasteiger partial charge in [-0.15, -0.1) is 0 Å². The van der Waals surface area contributed by atoms with Gasteiger partial charge in [-0.25, -0.2) is 9.78 Å². The Morgan fingerprint density at radius 3 is 2.39 bits per heavy atom. The van der Waals surface area contributed by atoms with Crippen LogP contribution in [0.4, 0.5) is 0 Å². The van der Waals surface area contributed by atoms with E-state index in [0.29, 0.717) is 17.7 Å². The molecule has 1 atom stereocenters. The highest BCUT2D eigenvalue weighted by molar-refractivity contribution is 5.98. The van der Waals surface area contributed by atoms with E-state index in [-0.39, 0.29) is 18.5 Å². The normalized spacial score (nSPS) is 11.8. The fourth-order valence-corrected chi connectivity index (χ4v) is 3.38. The van der Waals surface area contributed by atoms with Gasteiger partial charge in [0.05, 0.1) is 29.8 Å². The number of fused-ring (bicyclic) bond motifs is 1. The third-order valence-electron chi connectivity index (χ3n) is 4.86. The fraction of sp³-hybridized carbons (Fsp3) is 0.261. The SMILES string of the molecule is CC[C@@H](C(=O)OCc1nc2ccccc2c(C)c1C(=O)OC)c1ccccc1. The zero-order chi connectivity index (χ0) is 20.1. The number of para-hydroxylation sites is 1. The highest BCUT2D eigenvalue weighted by atomic mass is 16.5. The Labute approximate surface area is 164 Å². The van der Waals surface area contributed by atoms with Crippen LogP contribution >= 0.6 is 0 Å². The molecule has 3 rings (SSSR count). The average Bonchev–Trinajstić information content (AvgIpc) is 2.73. The molecule has 2 aromatic carbocycles. The molecule has 0 aliphatic heterocycles. The van der Waals surface area contributed by atoms with Gasteiger partial charge in [-0.05, 0) is 30.5 Å². The zero-order valence-electron chi connectivity index (χ0n) is 16.3. The summed E-state index contributed by atoms with van der Waals surface area (Å²) in [5.74, 6) is -1.18. The monoisotopic (exact) mass is 377 g/mol. The Bertz CT molecular complexity index is 998. The summed E-state index contributed by atoms with van der Waals surface area (Å²) in [4.78, 5) is 29.6. The van der Waals surface area contributed by atoms with Gasteiger partial charge in [-0.1, -0.05) is 55.5 Å². The first kappa shape index (κ1) is 19.5. The number of esters is 2. The molecule has 0 amide bonds. The number of hydrogen-bond donors (Lipinski definition) is 0. The Kier molecular flexibility index (Phi) is 6.04. The Hall–Kier alpha value is -3.21. The molecule has 0 aliphatic rings. The highest BCUT2D eigenvalue weighted by Crippen LogP contribution is 2.26. The first-order chi connectivity index (χ1) is 13.6. The molecule has 3 aromatic rings. The van der Waals surface area contributed by atoms with Crippen LogP contribution in [-0.2, 0) is 20.9 Å². The maximum atomic E-state index is 12.7. The van der Waals surface area contributed by atoms with Gasteiger partial charge in [0.1, 0.15) is 6.61 Å². The molecule has 0 N–H and O–H groups in total. The van der Waals surface area contributed by atoms with E-state index in [1.54, 1.807) is 0 Å². The maximum Gasteiger partial charge on any atom is 0.340 e. The smallest absolute Gasteiger partial charge is 0.340 e. The molecule has 1 heterocycles. The summed E-state index contributed by atoms with van der Waals surface area (Å²) in [5.41, 5.74) is 3.17. The minimum Gasteiger partial charge on any atom is -0.465 e. The molecule has 5 nitrogen and oxygen atoms in total. The lowest BCUT2D eigenvalue weighted by molar-refractivity contribution is -0.147. The van der Waals surface area contributed by atoms with Crippen molar-refractivity contribution in [2.75, 3.05) is 7.11 Å². The van der Waals surface area contributed by atoms with Crippen molar-refractivity contribution in [3.8, 4) is 0 Å². The molecule has 5 heteroatoms. The van der Waals surface area contributed by atoms with Crippen LogP contribution in [0.3, 0.4) is 0 Å². The number of carbonyl (C=O) groups excluding carboxylic acids is 2. The van der Waals surface area contributed by atoms with Crippen LogP contribution in [0, 0.1) is 6.92 Å². The number of carbonyl (C=O) groups is 2.